The van der Waals surface area contributed by atoms with Gasteiger partial charge in [0.2, 0.25) is 5.72 Å². The number of Topliss-reactive ketones (excluding diaryl/α,β-unsaturated/α-hetero) is 1. The van der Waals surface area contributed by atoms with Crippen molar-refractivity contribution in [1.82, 2.24) is 10.6 Å². The number of nitro benzene ring substituents is 1. The molecule has 2 aromatic carbocycles. The maximum atomic E-state index is 13.8. The van der Waals surface area contributed by atoms with Gasteiger partial charge >= 0.3 is 6.18 Å². The second kappa shape index (κ2) is 7.41. The number of rotatable bonds is 4. The Morgan fingerprint density at radius 1 is 1.14 bits per heavy atom. The van der Waals surface area contributed by atoms with Crippen LogP contribution in [0.1, 0.15) is 22.0 Å². The van der Waals surface area contributed by atoms with Gasteiger partial charge in [0.25, 0.3) is 5.69 Å². The van der Waals surface area contributed by atoms with Gasteiger partial charge in [-0.3, -0.25) is 14.9 Å². The van der Waals surface area contributed by atoms with Crippen molar-refractivity contribution in [3.05, 3.63) is 75.8 Å². The standard InChI is InChI=1S/C18H14F3N3O4S/c19-18(20,21)17(26)13(15(25)11-4-2-1-3-5-11)14(22-16(29)23-17)10-6-8-12(9-7-10)24(27)28/h1-9,13-14,26H,(H2,22,23,29). The molecule has 3 atom stereocenters. The van der Waals surface area contributed by atoms with Crippen molar-refractivity contribution >= 4 is 28.8 Å². The number of thiocarbonyl (C=S) groups is 1. The van der Waals surface area contributed by atoms with Crippen LogP contribution in [-0.4, -0.2) is 32.8 Å². The number of halogens is 3. The average Bonchev–Trinajstić information content (AvgIpc) is 2.67. The number of benzene rings is 2. The van der Waals surface area contributed by atoms with Gasteiger partial charge in [0.15, 0.2) is 10.9 Å². The summed E-state index contributed by atoms with van der Waals surface area (Å²) in [6.45, 7) is 0. The van der Waals surface area contributed by atoms with Crippen molar-refractivity contribution in [1.29, 1.82) is 0 Å². The minimum Gasteiger partial charge on any atom is -0.363 e. The number of nitrogens with zero attached hydrogens (tertiary/aromatic N) is 1. The fourth-order valence-electron chi connectivity index (χ4n) is 3.20. The molecule has 0 aromatic heterocycles. The number of carbonyl (C=O) groups excluding carboxylic acids is 1. The Bertz CT molecular complexity index is 953. The van der Waals surface area contributed by atoms with E-state index in [4.69, 9.17) is 12.2 Å². The lowest BCUT2D eigenvalue weighted by Gasteiger charge is -2.46. The summed E-state index contributed by atoms with van der Waals surface area (Å²) in [6.07, 6.45) is -5.24. The van der Waals surface area contributed by atoms with Crippen LogP contribution in [0.25, 0.3) is 0 Å². The highest BCUT2D eigenvalue weighted by Gasteiger charge is 2.65. The third-order valence-corrected chi connectivity index (χ3v) is 4.83. The van der Waals surface area contributed by atoms with Gasteiger partial charge in [0, 0.05) is 17.7 Å². The van der Waals surface area contributed by atoms with Gasteiger partial charge in [-0.25, -0.2) is 0 Å². The molecule has 0 bridgehead atoms. The molecular weight excluding hydrogens is 411 g/mol. The third kappa shape index (κ3) is 3.78. The van der Waals surface area contributed by atoms with Crippen molar-refractivity contribution in [2.45, 2.75) is 17.9 Å². The highest BCUT2D eigenvalue weighted by molar-refractivity contribution is 7.80. The Hall–Kier alpha value is -3.05. The Balaban J connectivity index is 2.14. The highest BCUT2D eigenvalue weighted by Crippen LogP contribution is 2.44. The van der Waals surface area contributed by atoms with Crippen LogP contribution >= 0.6 is 12.2 Å². The molecule has 0 aliphatic carbocycles. The molecule has 0 amide bonds. The van der Waals surface area contributed by atoms with E-state index in [1.165, 1.54) is 36.4 Å². The molecule has 152 valence electrons. The fourth-order valence-corrected chi connectivity index (χ4v) is 3.48. The molecule has 11 heteroatoms. The van der Waals surface area contributed by atoms with Crippen molar-refractivity contribution in [2.24, 2.45) is 5.92 Å². The second-order valence-electron chi connectivity index (χ2n) is 6.40. The summed E-state index contributed by atoms with van der Waals surface area (Å²) < 4.78 is 41.5. The van der Waals surface area contributed by atoms with Crippen LogP contribution in [0.2, 0.25) is 0 Å². The lowest BCUT2D eigenvalue weighted by molar-refractivity contribution is -0.384. The molecule has 1 aliphatic heterocycles. The number of non-ortho nitro benzene ring substituents is 1. The van der Waals surface area contributed by atoms with E-state index in [-0.39, 0.29) is 16.8 Å². The summed E-state index contributed by atoms with van der Waals surface area (Å²) in [7, 11) is 0. The van der Waals surface area contributed by atoms with Gasteiger partial charge in [-0.05, 0) is 17.8 Å². The van der Waals surface area contributed by atoms with Gasteiger partial charge in [-0.15, -0.1) is 0 Å². The monoisotopic (exact) mass is 425 g/mol. The highest BCUT2D eigenvalue weighted by atomic mass is 32.1. The van der Waals surface area contributed by atoms with Crippen molar-refractivity contribution in [2.75, 3.05) is 0 Å². The van der Waals surface area contributed by atoms with E-state index in [0.29, 0.717) is 0 Å². The van der Waals surface area contributed by atoms with E-state index in [9.17, 15) is 33.2 Å². The van der Waals surface area contributed by atoms with Crippen molar-refractivity contribution in [3.8, 4) is 0 Å². The normalized spacial score (nSPS) is 24.3. The maximum Gasteiger partial charge on any atom is 0.437 e. The smallest absolute Gasteiger partial charge is 0.363 e. The summed E-state index contributed by atoms with van der Waals surface area (Å²) in [4.78, 5) is 23.2. The molecule has 29 heavy (non-hydrogen) atoms. The number of nitro groups is 1. The van der Waals surface area contributed by atoms with Crippen LogP contribution in [-0.2, 0) is 0 Å². The minimum atomic E-state index is -5.24. The molecular formula is C18H14F3N3O4S. The lowest BCUT2D eigenvalue weighted by Crippen LogP contribution is -2.72. The molecule has 7 nitrogen and oxygen atoms in total. The van der Waals surface area contributed by atoms with Gasteiger partial charge in [0.05, 0.1) is 11.0 Å². The number of hydrogen-bond donors (Lipinski definition) is 3. The molecule has 0 spiro atoms. The van der Waals surface area contributed by atoms with Crippen molar-refractivity contribution in [3.63, 3.8) is 0 Å². The van der Waals surface area contributed by atoms with Crippen LogP contribution < -0.4 is 10.6 Å². The SMILES string of the molecule is O=C(c1ccccc1)C1C(c2ccc([N+](=O)[O-])cc2)NC(=S)NC1(O)C(F)(F)F. The molecule has 1 fully saturated rings. The molecule has 1 aliphatic rings. The fraction of sp³-hybridized carbons (Fsp3) is 0.222. The van der Waals surface area contributed by atoms with Crippen molar-refractivity contribution < 1.29 is 28.0 Å². The van der Waals surface area contributed by atoms with E-state index in [1.807, 2.05) is 0 Å². The summed E-state index contributed by atoms with van der Waals surface area (Å²) in [5, 5.41) is 25.3. The number of carbonyl (C=O) groups is 1. The number of nitrogens with one attached hydrogen (secondary N) is 2. The first-order valence-electron chi connectivity index (χ1n) is 8.26. The van der Waals surface area contributed by atoms with Crippen LogP contribution in [0.4, 0.5) is 18.9 Å². The molecule has 3 rings (SSSR count). The van der Waals surface area contributed by atoms with Crippen LogP contribution in [0.15, 0.2) is 54.6 Å². The van der Waals surface area contributed by atoms with E-state index in [2.05, 4.69) is 5.32 Å². The number of ketones is 1. The topological polar surface area (TPSA) is 104 Å². The third-order valence-electron chi connectivity index (χ3n) is 4.61. The van der Waals surface area contributed by atoms with Crippen LogP contribution in [0.3, 0.4) is 0 Å². The predicted molar refractivity (Wildman–Crippen MR) is 100.0 cm³/mol. The van der Waals surface area contributed by atoms with Crippen LogP contribution in [0.5, 0.6) is 0 Å². The van der Waals surface area contributed by atoms with E-state index >= 15 is 0 Å². The lowest BCUT2D eigenvalue weighted by atomic mass is 9.77. The zero-order valence-corrected chi connectivity index (χ0v) is 15.3. The molecule has 1 heterocycles. The number of alkyl halides is 3. The number of hydrogen-bond acceptors (Lipinski definition) is 5. The quantitative estimate of drug-likeness (QED) is 0.299. The molecule has 0 saturated carbocycles. The molecule has 3 unspecified atom stereocenters. The molecule has 3 N–H and O–H groups in total. The van der Waals surface area contributed by atoms with E-state index < -0.39 is 39.7 Å². The first kappa shape index (κ1) is 20.7. The molecule has 2 aromatic rings. The van der Waals surface area contributed by atoms with E-state index in [0.717, 1.165) is 12.1 Å². The van der Waals surface area contributed by atoms with Gasteiger partial charge in [-0.1, -0.05) is 42.5 Å². The van der Waals surface area contributed by atoms with Gasteiger partial charge in [0.1, 0.15) is 5.92 Å². The Morgan fingerprint density at radius 3 is 2.24 bits per heavy atom. The zero-order chi connectivity index (χ0) is 21.4. The van der Waals surface area contributed by atoms with Gasteiger partial charge < -0.3 is 15.7 Å². The largest absolute Gasteiger partial charge is 0.437 e. The van der Waals surface area contributed by atoms with Crippen LogP contribution in [0, 0.1) is 16.0 Å². The Labute approximate surface area is 167 Å². The maximum absolute atomic E-state index is 13.8. The minimum absolute atomic E-state index is 0.0384. The summed E-state index contributed by atoms with van der Waals surface area (Å²) in [6, 6.07) is 10.5. The summed E-state index contributed by atoms with van der Waals surface area (Å²) in [5.41, 5.74) is -3.84. The zero-order valence-electron chi connectivity index (χ0n) is 14.5. The molecule has 1 saturated heterocycles. The Kier molecular flexibility index (Phi) is 5.28. The molecule has 0 radical (unpaired) electrons. The predicted octanol–water partition coefficient (Wildman–Crippen LogP) is 2.86. The summed E-state index contributed by atoms with van der Waals surface area (Å²) in [5.74, 6) is -3.03. The van der Waals surface area contributed by atoms with E-state index in [1.54, 1.807) is 11.4 Å². The summed E-state index contributed by atoms with van der Waals surface area (Å²) >= 11 is 4.82. The average molecular weight is 425 g/mol. The Morgan fingerprint density at radius 2 is 1.72 bits per heavy atom. The second-order valence-corrected chi connectivity index (χ2v) is 6.81. The number of aliphatic hydroxyl groups is 1. The van der Waals surface area contributed by atoms with Gasteiger partial charge in [-0.2, -0.15) is 13.2 Å². The first-order valence-corrected chi connectivity index (χ1v) is 8.67. The first-order chi connectivity index (χ1) is 13.5.